The van der Waals surface area contributed by atoms with Crippen molar-refractivity contribution in [3.8, 4) is 11.1 Å². The number of nitrogen functional groups attached to an aromatic ring is 1. The van der Waals surface area contributed by atoms with E-state index in [1.165, 1.54) is 7.11 Å². The van der Waals surface area contributed by atoms with Crippen molar-refractivity contribution in [1.82, 2.24) is 4.98 Å². The summed E-state index contributed by atoms with van der Waals surface area (Å²) in [5.74, 6) is -0.519. The van der Waals surface area contributed by atoms with Gasteiger partial charge in [-0.2, -0.15) is 11.3 Å². The minimum Gasteiger partial charge on any atom is -0.464 e. The lowest BCUT2D eigenvalue weighted by Crippen LogP contribution is -2.08. The van der Waals surface area contributed by atoms with Crippen LogP contribution in [0.5, 0.6) is 0 Å². The van der Waals surface area contributed by atoms with Crippen LogP contribution in [0.2, 0.25) is 0 Å². The van der Waals surface area contributed by atoms with E-state index in [1.54, 1.807) is 23.6 Å². The van der Waals surface area contributed by atoms with Crippen LogP contribution in [0.15, 0.2) is 29.1 Å². The Bertz CT molecular complexity index is 509. The van der Waals surface area contributed by atoms with E-state index in [9.17, 15) is 4.79 Å². The van der Waals surface area contributed by atoms with Crippen molar-refractivity contribution in [2.75, 3.05) is 12.8 Å². The molecule has 0 unspecified atom stereocenters. The van der Waals surface area contributed by atoms with Gasteiger partial charge in [0.1, 0.15) is 0 Å². The van der Waals surface area contributed by atoms with Crippen LogP contribution < -0.4 is 5.73 Å². The van der Waals surface area contributed by atoms with Crippen molar-refractivity contribution in [3.63, 3.8) is 0 Å². The number of rotatable bonds is 2. The predicted molar refractivity (Wildman–Crippen MR) is 63.3 cm³/mol. The van der Waals surface area contributed by atoms with Gasteiger partial charge in [0.15, 0.2) is 5.69 Å². The normalized spacial score (nSPS) is 10.1. The first-order valence-electron chi connectivity index (χ1n) is 4.59. The van der Waals surface area contributed by atoms with E-state index in [1.807, 2.05) is 16.8 Å². The molecule has 0 aliphatic rings. The number of nitrogens with zero attached hydrogens (tertiary/aromatic N) is 1. The SMILES string of the molecule is COC(=O)c1ncc(-c2ccsc2)cc1N. The topological polar surface area (TPSA) is 65.2 Å². The highest BCUT2D eigenvalue weighted by atomic mass is 32.1. The number of carbonyl (C=O) groups is 1. The highest BCUT2D eigenvalue weighted by Crippen LogP contribution is 2.24. The van der Waals surface area contributed by atoms with Gasteiger partial charge in [-0.3, -0.25) is 0 Å². The van der Waals surface area contributed by atoms with E-state index in [0.717, 1.165) is 11.1 Å². The second-order valence-electron chi connectivity index (χ2n) is 3.17. The summed E-state index contributed by atoms with van der Waals surface area (Å²) in [7, 11) is 1.30. The largest absolute Gasteiger partial charge is 0.464 e. The van der Waals surface area contributed by atoms with E-state index in [2.05, 4.69) is 9.72 Å². The summed E-state index contributed by atoms with van der Waals surface area (Å²) in [4.78, 5) is 15.3. The Morgan fingerprint density at radius 2 is 2.31 bits per heavy atom. The number of ether oxygens (including phenoxy) is 1. The van der Waals surface area contributed by atoms with E-state index in [0.29, 0.717) is 5.69 Å². The molecule has 2 rings (SSSR count). The fourth-order valence-electron chi connectivity index (χ4n) is 1.34. The Kier molecular flexibility index (Phi) is 2.87. The first-order valence-corrected chi connectivity index (χ1v) is 5.53. The summed E-state index contributed by atoms with van der Waals surface area (Å²) < 4.78 is 4.57. The third kappa shape index (κ3) is 1.90. The predicted octanol–water partition coefficient (Wildman–Crippen LogP) is 2.18. The van der Waals surface area contributed by atoms with Gasteiger partial charge in [0.25, 0.3) is 0 Å². The van der Waals surface area contributed by atoms with Gasteiger partial charge in [0.05, 0.1) is 12.8 Å². The number of nitrogens with two attached hydrogens (primary N) is 1. The van der Waals surface area contributed by atoms with Gasteiger partial charge >= 0.3 is 5.97 Å². The van der Waals surface area contributed by atoms with Gasteiger partial charge in [0.2, 0.25) is 0 Å². The number of hydrogen-bond donors (Lipinski definition) is 1. The first-order chi connectivity index (χ1) is 7.72. The Morgan fingerprint density at radius 1 is 1.50 bits per heavy atom. The summed E-state index contributed by atoms with van der Waals surface area (Å²) in [5.41, 5.74) is 8.16. The number of anilines is 1. The molecule has 2 aromatic heterocycles. The first kappa shape index (κ1) is 10.6. The van der Waals surface area contributed by atoms with Crippen LogP contribution in [0.3, 0.4) is 0 Å². The Morgan fingerprint density at radius 3 is 2.88 bits per heavy atom. The number of aromatic nitrogens is 1. The van der Waals surface area contributed by atoms with Crippen LogP contribution in [0.4, 0.5) is 5.69 Å². The molecule has 5 heteroatoms. The quantitative estimate of drug-likeness (QED) is 0.809. The Balaban J connectivity index is 2.41. The number of carbonyl (C=O) groups excluding carboxylic acids is 1. The number of methoxy groups -OCH3 is 1. The molecule has 0 bridgehead atoms. The molecule has 2 aromatic rings. The molecule has 16 heavy (non-hydrogen) atoms. The van der Waals surface area contributed by atoms with E-state index < -0.39 is 5.97 Å². The molecular weight excluding hydrogens is 224 g/mol. The molecule has 0 spiro atoms. The molecule has 82 valence electrons. The Hall–Kier alpha value is -1.88. The van der Waals surface area contributed by atoms with Crippen molar-refractivity contribution in [2.45, 2.75) is 0 Å². The molecule has 0 aliphatic heterocycles. The summed E-state index contributed by atoms with van der Waals surface area (Å²) in [5, 5.41) is 3.97. The molecule has 0 aliphatic carbocycles. The number of esters is 1. The van der Waals surface area contributed by atoms with Crippen molar-refractivity contribution in [3.05, 3.63) is 34.8 Å². The molecular formula is C11H10N2O2S. The fraction of sp³-hybridized carbons (Fsp3) is 0.0909. The monoisotopic (exact) mass is 234 g/mol. The lowest BCUT2D eigenvalue weighted by atomic mass is 10.1. The molecule has 0 radical (unpaired) electrons. The third-order valence-electron chi connectivity index (χ3n) is 2.15. The lowest BCUT2D eigenvalue weighted by molar-refractivity contribution is 0.0595. The average Bonchev–Trinajstić information content (AvgIpc) is 2.81. The summed E-state index contributed by atoms with van der Waals surface area (Å²) in [6, 6.07) is 3.69. The maximum Gasteiger partial charge on any atom is 0.358 e. The van der Waals surface area contributed by atoms with E-state index in [-0.39, 0.29) is 5.69 Å². The Labute approximate surface area is 96.7 Å². The maximum atomic E-state index is 11.3. The number of thiophene rings is 1. The average molecular weight is 234 g/mol. The highest BCUT2D eigenvalue weighted by molar-refractivity contribution is 7.08. The van der Waals surface area contributed by atoms with Crippen LogP contribution in [0, 0.1) is 0 Å². The molecule has 0 saturated carbocycles. The zero-order valence-electron chi connectivity index (χ0n) is 8.64. The molecule has 0 aromatic carbocycles. The van der Waals surface area contributed by atoms with Crippen molar-refractivity contribution < 1.29 is 9.53 Å². The molecule has 4 nitrogen and oxygen atoms in total. The smallest absolute Gasteiger partial charge is 0.358 e. The van der Waals surface area contributed by atoms with Gasteiger partial charge in [-0.1, -0.05) is 0 Å². The molecule has 0 amide bonds. The molecule has 2 N–H and O–H groups in total. The minimum atomic E-state index is -0.519. The summed E-state index contributed by atoms with van der Waals surface area (Å²) in [6.07, 6.45) is 1.62. The molecule has 0 saturated heterocycles. The van der Waals surface area contributed by atoms with Crippen molar-refractivity contribution in [1.29, 1.82) is 0 Å². The minimum absolute atomic E-state index is 0.154. The van der Waals surface area contributed by atoms with Gasteiger partial charge in [-0.25, -0.2) is 9.78 Å². The highest BCUT2D eigenvalue weighted by Gasteiger charge is 2.12. The van der Waals surface area contributed by atoms with Gasteiger partial charge in [-0.05, 0) is 28.5 Å². The standard InChI is InChI=1S/C11H10N2O2S/c1-15-11(14)10-9(12)4-8(5-13-10)7-2-3-16-6-7/h2-6H,12H2,1H3. The van der Waals surface area contributed by atoms with E-state index in [4.69, 9.17) is 5.73 Å². The van der Waals surface area contributed by atoms with Crippen LogP contribution in [-0.2, 0) is 4.74 Å². The van der Waals surface area contributed by atoms with Crippen LogP contribution in [-0.4, -0.2) is 18.1 Å². The second-order valence-corrected chi connectivity index (χ2v) is 3.95. The second kappa shape index (κ2) is 4.32. The zero-order valence-corrected chi connectivity index (χ0v) is 9.45. The van der Waals surface area contributed by atoms with Gasteiger partial charge < -0.3 is 10.5 Å². The fourth-order valence-corrected chi connectivity index (χ4v) is 2.00. The lowest BCUT2D eigenvalue weighted by Gasteiger charge is -2.04. The molecule has 0 atom stereocenters. The zero-order chi connectivity index (χ0) is 11.5. The van der Waals surface area contributed by atoms with Gasteiger partial charge in [0, 0.05) is 11.8 Å². The summed E-state index contributed by atoms with van der Waals surface area (Å²) in [6.45, 7) is 0. The summed E-state index contributed by atoms with van der Waals surface area (Å²) >= 11 is 1.60. The van der Waals surface area contributed by atoms with Crippen molar-refractivity contribution >= 4 is 23.0 Å². The number of pyridine rings is 1. The van der Waals surface area contributed by atoms with Gasteiger partial charge in [-0.15, -0.1) is 0 Å². The third-order valence-corrected chi connectivity index (χ3v) is 2.83. The molecule has 0 fully saturated rings. The maximum absolute atomic E-state index is 11.3. The molecule has 2 heterocycles. The van der Waals surface area contributed by atoms with E-state index >= 15 is 0 Å². The number of hydrogen-bond acceptors (Lipinski definition) is 5. The van der Waals surface area contributed by atoms with Crippen LogP contribution >= 0.6 is 11.3 Å². The van der Waals surface area contributed by atoms with Crippen LogP contribution in [0.1, 0.15) is 10.5 Å². The van der Waals surface area contributed by atoms with Crippen molar-refractivity contribution in [2.24, 2.45) is 0 Å². The van der Waals surface area contributed by atoms with Crippen LogP contribution in [0.25, 0.3) is 11.1 Å².